The topological polar surface area (TPSA) is 55.2 Å². The fraction of sp³-hybridized carbons (Fsp3) is 0.526. The maximum absolute atomic E-state index is 13.0. The predicted octanol–water partition coefficient (Wildman–Crippen LogP) is 4.16. The van der Waals surface area contributed by atoms with E-state index in [1.54, 1.807) is 15.5 Å². The zero-order valence-electron chi connectivity index (χ0n) is 15.6. The molecule has 142 valence electrons. The molecule has 0 fully saturated rings. The van der Waals surface area contributed by atoms with Gasteiger partial charge in [-0.3, -0.25) is 14.2 Å². The van der Waals surface area contributed by atoms with Crippen molar-refractivity contribution < 1.29 is 4.79 Å². The van der Waals surface area contributed by atoms with Gasteiger partial charge in [-0.05, 0) is 31.4 Å². The highest BCUT2D eigenvalue weighted by Crippen LogP contribution is 2.24. The average Bonchev–Trinajstić information content (AvgIpc) is 2.60. The van der Waals surface area contributed by atoms with Crippen molar-refractivity contribution in [2.75, 3.05) is 6.54 Å². The van der Waals surface area contributed by atoms with Gasteiger partial charge in [0.1, 0.15) is 5.82 Å². The summed E-state index contributed by atoms with van der Waals surface area (Å²) in [6.45, 7) is 8.89. The van der Waals surface area contributed by atoms with Gasteiger partial charge in [-0.1, -0.05) is 56.1 Å². The van der Waals surface area contributed by atoms with E-state index in [2.05, 4.69) is 0 Å². The van der Waals surface area contributed by atoms with Crippen molar-refractivity contribution in [1.29, 1.82) is 0 Å². The van der Waals surface area contributed by atoms with Crippen LogP contribution in [-0.2, 0) is 11.3 Å². The Morgan fingerprint density at radius 3 is 2.46 bits per heavy atom. The lowest BCUT2D eigenvalue weighted by Gasteiger charge is -2.32. The molecule has 1 heterocycles. The van der Waals surface area contributed by atoms with Crippen LogP contribution in [0.2, 0.25) is 0 Å². The van der Waals surface area contributed by atoms with Gasteiger partial charge in [-0.2, -0.15) is 0 Å². The minimum Gasteiger partial charge on any atom is -0.330 e. The van der Waals surface area contributed by atoms with Crippen molar-refractivity contribution in [1.82, 2.24) is 14.5 Å². The molecule has 2 rings (SSSR count). The SMILES string of the molecule is CCCn1c([C@H](C)N(CC(C)C)C(=O)C(Cl)Cl)nc2ccccc2c1=O. The number of rotatable bonds is 7. The maximum atomic E-state index is 13.0. The molecule has 0 aliphatic carbocycles. The van der Waals surface area contributed by atoms with Crippen LogP contribution in [0.4, 0.5) is 0 Å². The van der Waals surface area contributed by atoms with Crippen molar-refractivity contribution >= 4 is 40.0 Å². The zero-order chi connectivity index (χ0) is 19.4. The molecule has 0 N–H and O–H groups in total. The van der Waals surface area contributed by atoms with Crippen LogP contribution in [0.25, 0.3) is 10.9 Å². The van der Waals surface area contributed by atoms with Gasteiger partial charge < -0.3 is 4.90 Å². The van der Waals surface area contributed by atoms with Gasteiger partial charge in [-0.25, -0.2) is 4.98 Å². The Kier molecular flexibility index (Phi) is 7.07. The van der Waals surface area contributed by atoms with Crippen LogP contribution in [0.1, 0.15) is 46.0 Å². The smallest absolute Gasteiger partial charge is 0.261 e. The van der Waals surface area contributed by atoms with Crippen molar-refractivity contribution in [3.8, 4) is 0 Å². The number of alkyl halides is 2. The van der Waals surface area contributed by atoms with Crippen molar-refractivity contribution in [3.05, 3.63) is 40.4 Å². The Hall–Kier alpha value is -1.59. The second kappa shape index (κ2) is 8.87. The van der Waals surface area contributed by atoms with E-state index in [-0.39, 0.29) is 17.4 Å². The van der Waals surface area contributed by atoms with Crippen molar-refractivity contribution in [3.63, 3.8) is 0 Å². The predicted molar refractivity (Wildman–Crippen MR) is 107 cm³/mol. The fourth-order valence-electron chi connectivity index (χ4n) is 3.04. The summed E-state index contributed by atoms with van der Waals surface area (Å²) >= 11 is 11.7. The van der Waals surface area contributed by atoms with E-state index in [0.717, 1.165) is 6.42 Å². The van der Waals surface area contributed by atoms with Crippen LogP contribution < -0.4 is 5.56 Å². The van der Waals surface area contributed by atoms with Gasteiger partial charge >= 0.3 is 0 Å². The molecule has 1 aromatic carbocycles. The van der Waals surface area contributed by atoms with Crippen molar-refractivity contribution in [2.45, 2.75) is 51.5 Å². The molecule has 5 nitrogen and oxygen atoms in total. The summed E-state index contributed by atoms with van der Waals surface area (Å²) in [5.74, 6) is 0.402. The molecule has 0 unspecified atom stereocenters. The summed E-state index contributed by atoms with van der Waals surface area (Å²) in [6, 6.07) is 6.83. The lowest BCUT2D eigenvalue weighted by atomic mass is 10.1. The van der Waals surface area contributed by atoms with Gasteiger partial charge in [0.25, 0.3) is 11.5 Å². The minimum atomic E-state index is -1.15. The third-order valence-electron chi connectivity index (χ3n) is 4.21. The third-order valence-corrected chi connectivity index (χ3v) is 4.58. The lowest BCUT2D eigenvalue weighted by Crippen LogP contribution is -2.42. The standard InChI is InChI=1S/C19H25Cl2N3O2/c1-5-10-23-17(22-15-9-7-6-8-14(15)18(23)25)13(4)24(11-12(2)3)19(26)16(20)21/h6-9,12-13,16H,5,10-11H2,1-4H3/t13-/m0/s1. The first kappa shape index (κ1) is 20.7. The number of amides is 1. The van der Waals surface area contributed by atoms with Crippen LogP contribution in [0.15, 0.2) is 29.1 Å². The summed E-state index contributed by atoms with van der Waals surface area (Å²) in [4.78, 5) is 30.7. The first-order valence-corrected chi connectivity index (χ1v) is 9.73. The van der Waals surface area contributed by atoms with Crippen LogP contribution in [0.5, 0.6) is 0 Å². The fourth-order valence-corrected chi connectivity index (χ4v) is 3.29. The summed E-state index contributed by atoms with van der Waals surface area (Å²) < 4.78 is 1.66. The molecular weight excluding hydrogens is 373 g/mol. The molecule has 0 radical (unpaired) electrons. The Bertz CT molecular complexity index is 833. The summed E-state index contributed by atoms with van der Waals surface area (Å²) in [6.07, 6.45) is 0.783. The number of aromatic nitrogens is 2. The highest BCUT2D eigenvalue weighted by molar-refractivity contribution is 6.53. The van der Waals surface area contributed by atoms with Crippen LogP contribution >= 0.6 is 23.2 Å². The molecule has 1 aromatic heterocycles. The van der Waals surface area contributed by atoms with Crippen molar-refractivity contribution in [2.24, 2.45) is 5.92 Å². The largest absolute Gasteiger partial charge is 0.330 e. The average molecular weight is 398 g/mol. The maximum Gasteiger partial charge on any atom is 0.261 e. The number of hydrogen-bond acceptors (Lipinski definition) is 3. The number of halogens is 2. The van der Waals surface area contributed by atoms with Gasteiger partial charge in [0.2, 0.25) is 0 Å². The minimum absolute atomic E-state index is 0.0930. The quantitative estimate of drug-likeness (QED) is 0.659. The second-order valence-corrected chi connectivity index (χ2v) is 7.90. The highest BCUT2D eigenvalue weighted by Gasteiger charge is 2.29. The number of carbonyl (C=O) groups is 1. The van der Waals surface area contributed by atoms with E-state index in [1.807, 2.05) is 45.9 Å². The Balaban J connectivity index is 2.62. The van der Waals surface area contributed by atoms with E-state index >= 15 is 0 Å². The van der Waals surface area contributed by atoms with Gasteiger partial charge in [-0.15, -0.1) is 0 Å². The molecule has 0 bridgehead atoms. The number of benzene rings is 1. The molecule has 0 saturated carbocycles. The Morgan fingerprint density at radius 1 is 1.23 bits per heavy atom. The molecule has 26 heavy (non-hydrogen) atoms. The van der Waals surface area contributed by atoms with Gasteiger partial charge in [0.05, 0.1) is 16.9 Å². The van der Waals surface area contributed by atoms with Crippen LogP contribution in [0, 0.1) is 5.92 Å². The first-order chi connectivity index (χ1) is 12.3. The second-order valence-electron chi connectivity index (χ2n) is 6.81. The number of hydrogen-bond donors (Lipinski definition) is 0. The normalized spacial score (nSPS) is 12.8. The first-order valence-electron chi connectivity index (χ1n) is 8.86. The molecule has 0 aliphatic rings. The zero-order valence-corrected chi connectivity index (χ0v) is 17.1. The summed E-state index contributed by atoms with van der Waals surface area (Å²) in [5, 5.41) is 0.575. The van der Waals surface area contributed by atoms with E-state index in [1.165, 1.54) is 0 Å². The van der Waals surface area contributed by atoms with E-state index in [9.17, 15) is 9.59 Å². The number of carbonyl (C=O) groups excluding carboxylic acids is 1. The van der Waals surface area contributed by atoms with Gasteiger partial charge in [0, 0.05) is 13.1 Å². The third kappa shape index (κ3) is 4.38. The van der Waals surface area contributed by atoms with Crippen LogP contribution in [-0.4, -0.2) is 31.7 Å². The molecule has 1 atom stereocenters. The molecule has 7 heteroatoms. The summed E-state index contributed by atoms with van der Waals surface area (Å²) in [7, 11) is 0. The number of nitrogens with zero attached hydrogens (tertiary/aromatic N) is 3. The number of fused-ring (bicyclic) bond motifs is 1. The molecule has 0 aliphatic heterocycles. The van der Waals surface area contributed by atoms with Crippen LogP contribution in [0.3, 0.4) is 0 Å². The lowest BCUT2D eigenvalue weighted by molar-refractivity contribution is -0.132. The van der Waals surface area contributed by atoms with E-state index < -0.39 is 10.9 Å². The Morgan fingerprint density at radius 2 is 1.88 bits per heavy atom. The molecule has 0 spiro atoms. The molecular formula is C19H25Cl2N3O2. The molecule has 0 saturated heterocycles. The highest BCUT2D eigenvalue weighted by atomic mass is 35.5. The van der Waals surface area contributed by atoms with E-state index in [0.29, 0.717) is 29.8 Å². The molecule has 2 aromatic rings. The van der Waals surface area contributed by atoms with Gasteiger partial charge in [0.15, 0.2) is 4.84 Å². The monoisotopic (exact) mass is 397 g/mol. The van der Waals surface area contributed by atoms with E-state index in [4.69, 9.17) is 28.2 Å². The summed E-state index contributed by atoms with van der Waals surface area (Å²) in [5.41, 5.74) is 0.529. The number of para-hydroxylation sites is 1. The molecule has 1 amide bonds. The Labute approximate surface area is 163 Å².